The van der Waals surface area contributed by atoms with Crippen LogP contribution in [0, 0.1) is 15.9 Å². The van der Waals surface area contributed by atoms with Crippen LogP contribution >= 0.6 is 0 Å². The first-order chi connectivity index (χ1) is 14.2. The van der Waals surface area contributed by atoms with E-state index >= 15 is 0 Å². The van der Waals surface area contributed by atoms with Crippen LogP contribution in [-0.4, -0.2) is 36.1 Å². The van der Waals surface area contributed by atoms with Crippen LogP contribution in [0.15, 0.2) is 42.9 Å². The largest absolute Gasteiger partial charge is 0.443 e. The van der Waals surface area contributed by atoms with Crippen LogP contribution < -0.4 is 0 Å². The standard InChI is InChI=1S/C20H16FN5O4/c1-20(2,3)30-19(27)25-16-6-7-22-10-14(16)12-4-5-15(24-18(12)25)13-8-11(21)9-23-17(13)26(28)29/h4-10H,1-3H3/i21+0. The van der Waals surface area contributed by atoms with E-state index in [0.29, 0.717) is 16.3 Å². The second-order valence-electron chi connectivity index (χ2n) is 7.56. The summed E-state index contributed by atoms with van der Waals surface area (Å²) in [6, 6.07) is 5.79. The Morgan fingerprint density at radius 3 is 2.67 bits per heavy atom. The number of carbonyl (C=O) groups excluding carboxylic acids is 1. The molecule has 0 fully saturated rings. The number of nitro groups is 1. The smallest absolute Gasteiger partial charge is 0.420 e. The molecule has 0 radical (unpaired) electrons. The van der Waals surface area contributed by atoms with E-state index in [9.17, 15) is 19.3 Å². The van der Waals surface area contributed by atoms with Crippen LogP contribution in [0.25, 0.3) is 33.2 Å². The van der Waals surface area contributed by atoms with Crippen molar-refractivity contribution < 1.29 is 18.8 Å². The molecule has 10 heteroatoms. The number of nitrogens with zero attached hydrogens (tertiary/aromatic N) is 5. The molecule has 0 saturated carbocycles. The molecule has 4 aromatic heterocycles. The lowest BCUT2D eigenvalue weighted by molar-refractivity contribution is -0.388. The Balaban J connectivity index is 2.01. The third-order valence-electron chi connectivity index (χ3n) is 4.27. The highest BCUT2D eigenvalue weighted by Crippen LogP contribution is 2.33. The highest BCUT2D eigenvalue weighted by Gasteiger charge is 2.25. The lowest BCUT2D eigenvalue weighted by atomic mass is 10.1. The molecule has 0 amide bonds. The molecule has 0 unspecified atom stereocenters. The van der Waals surface area contributed by atoms with Crippen LogP contribution in [0.3, 0.4) is 0 Å². The number of rotatable bonds is 2. The summed E-state index contributed by atoms with van der Waals surface area (Å²) in [5, 5.41) is 12.6. The first-order valence-corrected chi connectivity index (χ1v) is 8.94. The monoisotopic (exact) mass is 409 g/mol. The fourth-order valence-corrected chi connectivity index (χ4v) is 3.14. The van der Waals surface area contributed by atoms with Gasteiger partial charge in [-0.2, -0.15) is 0 Å². The fraction of sp³-hybridized carbons (Fsp3) is 0.200. The molecule has 0 N–H and O–H groups in total. The summed E-state index contributed by atoms with van der Waals surface area (Å²) in [6.07, 6.45) is 3.23. The van der Waals surface area contributed by atoms with E-state index in [1.54, 1.807) is 39.1 Å². The molecule has 4 aromatic rings. The fourth-order valence-electron chi connectivity index (χ4n) is 3.14. The number of carbonyl (C=O) groups is 1. The van der Waals surface area contributed by atoms with Gasteiger partial charge in [0, 0.05) is 23.2 Å². The van der Waals surface area contributed by atoms with Gasteiger partial charge in [0.2, 0.25) is 0 Å². The first kappa shape index (κ1) is 19.4. The first-order valence-electron chi connectivity index (χ1n) is 8.94. The molecule has 30 heavy (non-hydrogen) atoms. The number of halogens is 1. The Kier molecular flexibility index (Phi) is 4.41. The van der Waals surface area contributed by atoms with Crippen LogP contribution in [0.5, 0.6) is 0 Å². The molecule has 152 valence electrons. The van der Waals surface area contributed by atoms with Crippen molar-refractivity contribution >= 4 is 33.8 Å². The molecule has 0 atom stereocenters. The zero-order valence-corrected chi connectivity index (χ0v) is 16.3. The van der Waals surface area contributed by atoms with Crippen LogP contribution in [0.2, 0.25) is 0 Å². The number of ether oxygens (including phenoxy) is 1. The minimum Gasteiger partial charge on any atom is -0.443 e. The van der Waals surface area contributed by atoms with Crippen LogP contribution in [0.1, 0.15) is 20.8 Å². The average Bonchev–Trinajstić information content (AvgIpc) is 3.00. The summed E-state index contributed by atoms with van der Waals surface area (Å²) in [5.41, 5.74) is -0.0208. The Bertz CT molecular complexity index is 1330. The highest BCUT2D eigenvalue weighted by atomic mass is 19.1. The van der Waals surface area contributed by atoms with Gasteiger partial charge in [-0.15, -0.1) is 0 Å². The van der Waals surface area contributed by atoms with Gasteiger partial charge >= 0.3 is 11.9 Å². The van der Waals surface area contributed by atoms with Gasteiger partial charge in [-0.25, -0.2) is 18.7 Å². The number of hydrogen-bond acceptors (Lipinski definition) is 7. The maximum atomic E-state index is 13.8. The minimum atomic E-state index is -0.754. The van der Waals surface area contributed by atoms with E-state index in [1.165, 1.54) is 16.8 Å². The quantitative estimate of drug-likeness (QED) is 0.354. The van der Waals surface area contributed by atoms with E-state index in [1.807, 2.05) is 0 Å². The molecule has 0 saturated heterocycles. The van der Waals surface area contributed by atoms with E-state index in [2.05, 4.69) is 15.0 Å². The van der Waals surface area contributed by atoms with Gasteiger partial charge in [-0.3, -0.25) is 4.98 Å². The number of pyridine rings is 3. The van der Waals surface area contributed by atoms with Gasteiger partial charge in [-0.1, -0.05) is 0 Å². The van der Waals surface area contributed by atoms with Gasteiger partial charge < -0.3 is 14.9 Å². The third kappa shape index (κ3) is 3.32. The van der Waals surface area contributed by atoms with Gasteiger partial charge in [-0.05, 0) is 54.9 Å². The van der Waals surface area contributed by atoms with Gasteiger partial charge in [0.25, 0.3) is 0 Å². The summed E-state index contributed by atoms with van der Waals surface area (Å²) in [5.74, 6) is -1.28. The van der Waals surface area contributed by atoms with Gasteiger partial charge in [0.15, 0.2) is 17.7 Å². The van der Waals surface area contributed by atoms with Crippen molar-refractivity contribution in [3.8, 4) is 11.3 Å². The number of hydrogen-bond donors (Lipinski definition) is 0. The van der Waals surface area contributed by atoms with E-state index in [4.69, 9.17) is 4.74 Å². The zero-order valence-electron chi connectivity index (χ0n) is 16.3. The molecule has 0 spiro atoms. The van der Waals surface area contributed by atoms with E-state index < -0.39 is 28.3 Å². The SMILES string of the molecule is CC(C)(C)OC(=O)n1c2ccncc2c2ccc(-c3cc([19F])cnc3[N+](=O)[O-])nc21. The van der Waals surface area contributed by atoms with E-state index in [-0.39, 0.29) is 16.9 Å². The Hall–Kier alpha value is -3.95. The Morgan fingerprint density at radius 1 is 1.20 bits per heavy atom. The maximum Gasteiger partial charge on any atom is 0.420 e. The molecule has 0 aromatic carbocycles. The van der Waals surface area contributed by atoms with E-state index in [0.717, 1.165) is 12.3 Å². The predicted molar refractivity (Wildman–Crippen MR) is 107 cm³/mol. The van der Waals surface area contributed by atoms with Gasteiger partial charge in [0.1, 0.15) is 11.2 Å². The Labute approximate surface area is 169 Å². The molecule has 0 aliphatic rings. The highest BCUT2D eigenvalue weighted by molar-refractivity contribution is 6.11. The summed E-state index contributed by atoms with van der Waals surface area (Å²) in [6.45, 7) is 5.21. The molecule has 0 aliphatic heterocycles. The van der Waals surface area contributed by atoms with Crippen molar-refractivity contribution in [3.63, 3.8) is 0 Å². The number of aromatic nitrogens is 4. The molecular formula is C20H16FN5O4. The summed E-state index contributed by atoms with van der Waals surface area (Å²) >= 11 is 0. The number of fused-ring (bicyclic) bond motifs is 3. The van der Waals surface area contributed by atoms with Crippen LogP contribution in [0.4, 0.5) is 15.0 Å². The summed E-state index contributed by atoms with van der Waals surface area (Å²) in [7, 11) is 0. The van der Waals surface area contributed by atoms with Crippen molar-refractivity contribution in [2.45, 2.75) is 26.4 Å². The average molecular weight is 409 g/mol. The zero-order chi connectivity index (χ0) is 21.6. The molecule has 0 bridgehead atoms. The summed E-state index contributed by atoms with van der Waals surface area (Å²) < 4.78 is 20.6. The summed E-state index contributed by atoms with van der Waals surface area (Å²) in [4.78, 5) is 35.7. The van der Waals surface area contributed by atoms with Crippen molar-refractivity contribution in [1.82, 2.24) is 19.5 Å². The molecule has 9 nitrogen and oxygen atoms in total. The normalized spacial score (nSPS) is 11.7. The second kappa shape index (κ2) is 6.83. The molecule has 4 rings (SSSR count). The molecular weight excluding hydrogens is 393 g/mol. The maximum absolute atomic E-state index is 13.8. The van der Waals surface area contributed by atoms with Gasteiger partial charge in [0.05, 0.1) is 11.2 Å². The second-order valence-corrected chi connectivity index (χ2v) is 7.56. The van der Waals surface area contributed by atoms with Crippen molar-refractivity contribution in [2.24, 2.45) is 0 Å². The molecule has 4 heterocycles. The Morgan fingerprint density at radius 2 is 1.97 bits per heavy atom. The van der Waals surface area contributed by atoms with Crippen LogP contribution in [-0.2, 0) is 4.74 Å². The predicted octanol–water partition coefficient (Wildman–Crippen LogP) is 4.48. The molecule has 0 aliphatic carbocycles. The lowest BCUT2D eigenvalue weighted by Crippen LogP contribution is -2.27. The van der Waals surface area contributed by atoms with Crippen molar-refractivity contribution in [2.75, 3.05) is 0 Å². The minimum absolute atomic E-state index is 0.0963. The third-order valence-corrected chi connectivity index (χ3v) is 4.27. The van der Waals surface area contributed by atoms with Crippen molar-refractivity contribution in [3.05, 3.63) is 58.8 Å². The van der Waals surface area contributed by atoms with Crippen molar-refractivity contribution in [1.29, 1.82) is 0 Å². The topological polar surface area (TPSA) is 113 Å². The lowest BCUT2D eigenvalue weighted by Gasteiger charge is -2.20.